The van der Waals surface area contributed by atoms with Gasteiger partial charge in [-0.1, -0.05) is 31.5 Å². The van der Waals surface area contributed by atoms with Crippen molar-refractivity contribution in [1.29, 1.82) is 0 Å². The fourth-order valence-corrected chi connectivity index (χ4v) is 4.32. The second-order valence-electron chi connectivity index (χ2n) is 4.61. The average molecular weight is 265 g/mol. The van der Waals surface area contributed by atoms with Crippen LogP contribution in [0, 0.1) is 0 Å². The van der Waals surface area contributed by atoms with Crippen LogP contribution >= 0.6 is 0 Å². The van der Waals surface area contributed by atoms with Gasteiger partial charge in [0.05, 0.1) is 4.90 Å². The summed E-state index contributed by atoms with van der Waals surface area (Å²) in [5.74, 6) is 0. The van der Waals surface area contributed by atoms with Crippen molar-refractivity contribution in [3.63, 3.8) is 0 Å². The summed E-state index contributed by atoms with van der Waals surface area (Å²) >= 11 is 0. The average Bonchev–Trinajstić information content (AvgIpc) is 2.90. The Balaban J connectivity index is 2.36. The van der Waals surface area contributed by atoms with E-state index in [1.165, 1.54) is 0 Å². The number of aliphatic imine (C=N–C) groups is 1. The molecule has 0 N–H and O–H groups in total. The zero-order valence-corrected chi connectivity index (χ0v) is 11.5. The van der Waals surface area contributed by atoms with E-state index in [-0.39, 0.29) is 0 Å². The molecule has 1 aromatic rings. The minimum absolute atomic E-state index is 0.415. The summed E-state index contributed by atoms with van der Waals surface area (Å²) in [6.45, 7) is 2.79. The van der Waals surface area contributed by atoms with Crippen LogP contribution in [0.3, 0.4) is 0 Å². The fourth-order valence-electron chi connectivity index (χ4n) is 2.36. The molecule has 1 aliphatic rings. The zero-order chi connectivity index (χ0) is 13.0. The first kappa shape index (κ1) is 13.3. The Morgan fingerprint density at radius 2 is 2.00 bits per heavy atom. The van der Waals surface area contributed by atoms with E-state index in [1.807, 2.05) is 13.0 Å². The third kappa shape index (κ3) is 2.64. The molecule has 0 saturated heterocycles. The van der Waals surface area contributed by atoms with Crippen molar-refractivity contribution in [3.8, 4) is 0 Å². The second kappa shape index (κ2) is 5.65. The molecule has 3 nitrogen and oxygen atoms in total. The number of hydrogen-bond donors (Lipinski definition) is 0. The lowest BCUT2D eigenvalue weighted by Crippen LogP contribution is -2.29. The lowest BCUT2D eigenvalue weighted by Gasteiger charge is -2.17. The first-order valence-corrected chi connectivity index (χ1v) is 8.03. The zero-order valence-electron chi connectivity index (χ0n) is 10.7. The third-order valence-electron chi connectivity index (χ3n) is 3.27. The Morgan fingerprint density at radius 1 is 1.28 bits per heavy atom. The van der Waals surface area contributed by atoms with Crippen molar-refractivity contribution in [2.24, 2.45) is 4.99 Å². The van der Waals surface area contributed by atoms with Crippen molar-refractivity contribution >= 4 is 15.5 Å². The van der Waals surface area contributed by atoms with E-state index in [4.69, 9.17) is 0 Å². The highest BCUT2D eigenvalue weighted by Gasteiger charge is 2.31. The minimum atomic E-state index is -3.28. The summed E-state index contributed by atoms with van der Waals surface area (Å²) in [6, 6.07) is 8.72. The third-order valence-corrected chi connectivity index (χ3v) is 5.46. The van der Waals surface area contributed by atoms with E-state index in [0.29, 0.717) is 11.3 Å². The highest BCUT2D eigenvalue weighted by atomic mass is 32.2. The molecule has 1 unspecified atom stereocenters. The minimum Gasteiger partial charge on any atom is -0.293 e. The van der Waals surface area contributed by atoms with Gasteiger partial charge in [0.15, 0.2) is 9.84 Å². The molecule has 4 heteroatoms. The van der Waals surface area contributed by atoms with Crippen LogP contribution in [-0.2, 0) is 9.84 Å². The summed E-state index contributed by atoms with van der Waals surface area (Å²) < 4.78 is 25.3. The van der Waals surface area contributed by atoms with Gasteiger partial charge in [0.1, 0.15) is 5.25 Å². The molecule has 98 valence electrons. The van der Waals surface area contributed by atoms with E-state index >= 15 is 0 Å². The van der Waals surface area contributed by atoms with Gasteiger partial charge in [-0.25, -0.2) is 8.42 Å². The Kier molecular flexibility index (Phi) is 4.17. The van der Waals surface area contributed by atoms with E-state index in [2.05, 4.69) is 4.99 Å². The van der Waals surface area contributed by atoms with Crippen LogP contribution < -0.4 is 0 Å². The molecule has 0 amide bonds. The molecule has 0 radical (unpaired) electrons. The van der Waals surface area contributed by atoms with Crippen LogP contribution in [0.4, 0.5) is 0 Å². The van der Waals surface area contributed by atoms with Gasteiger partial charge in [-0.15, -0.1) is 0 Å². The Morgan fingerprint density at radius 3 is 2.56 bits per heavy atom. The highest BCUT2D eigenvalue weighted by Crippen LogP contribution is 2.24. The van der Waals surface area contributed by atoms with Crippen molar-refractivity contribution in [2.45, 2.75) is 42.8 Å². The van der Waals surface area contributed by atoms with Gasteiger partial charge in [-0.3, -0.25) is 4.99 Å². The van der Waals surface area contributed by atoms with Crippen molar-refractivity contribution < 1.29 is 8.42 Å². The maximum absolute atomic E-state index is 12.6. The van der Waals surface area contributed by atoms with Gasteiger partial charge in [0, 0.05) is 12.3 Å². The number of rotatable bonds is 5. The topological polar surface area (TPSA) is 46.5 Å². The molecule has 2 rings (SSSR count). The fraction of sp³-hybridized carbons (Fsp3) is 0.500. The predicted octanol–water partition coefficient (Wildman–Crippen LogP) is 2.86. The van der Waals surface area contributed by atoms with Crippen LogP contribution in [0.15, 0.2) is 40.2 Å². The molecule has 0 bridgehead atoms. The van der Waals surface area contributed by atoms with Gasteiger partial charge < -0.3 is 0 Å². The first-order chi connectivity index (χ1) is 8.66. The Labute approximate surface area is 109 Å². The van der Waals surface area contributed by atoms with Crippen molar-refractivity contribution in [2.75, 3.05) is 6.54 Å². The van der Waals surface area contributed by atoms with Crippen LogP contribution in [-0.4, -0.2) is 25.9 Å². The highest BCUT2D eigenvalue weighted by molar-refractivity contribution is 7.92. The van der Waals surface area contributed by atoms with Gasteiger partial charge in [0.2, 0.25) is 0 Å². The molecular weight excluding hydrogens is 246 g/mol. The van der Waals surface area contributed by atoms with Crippen LogP contribution in [0.1, 0.15) is 32.6 Å². The molecule has 0 saturated carbocycles. The van der Waals surface area contributed by atoms with Gasteiger partial charge in [-0.05, 0) is 31.4 Å². The largest absolute Gasteiger partial charge is 0.293 e. The molecule has 1 aromatic carbocycles. The molecule has 0 fully saturated rings. The summed E-state index contributed by atoms with van der Waals surface area (Å²) in [5.41, 5.74) is 0.876. The van der Waals surface area contributed by atoms with Crippen LogP contribution in [0.2, 0.25) is 0 Å². The number of sulfone groups is 1. The molecule has 1 atom stereocenters. The molecular formula is C14H19NO2S. The van der Waals surface area contributed by atoms with E-state index < -0.39 is 15.1 Å². The van der Waals surface area contributed by atoms with Crippen LogP contribution in [0.5, 0.6) is 0 Å². The van der Waals surface area contributed by atoms with Crippen molar-refractivity contribution in [1.82, 2.24) is 0 Å². The predicted molar refractivity (Wildman–Crippen MR) is 73.9 cm³/mol. The smallest absolute Gasteiger partial charge is 0.186 e. The molecule has 18 heavy (non-hydrogen) atoms. The van der Waals surface area contributed by atoms with Gasteiger partial charge >= 0.3 is 0 Å². The second-order valence-corrected chi connectivity index (χ2v) is 6.74. The summed E-state index contributed by atoms with van der Waals surface area (Å²) in [4.78, 5) is 4.80. The Bertz CT molecular complexity index is 520. The maximum atomic E-state index is 12.6. The quantitative estimate of drug-likeness (QED) is 0.822. The molecule has 0 aromatic heterocycles. The molecule has 1 heterocycles. The summed E-state index contributed by atoms with van der Waals surface area (Å²) in [5, 5.41) is -0.424. The number of benzene rings is 1. The monoisotopic (exact) mass is 265 g/mol. The lowest BCUT2D eigenvalue weighted by molar-refractivity contribution is 0.585. The molecule has 0 aliphatic carbocycles. The van der Waals surface area contributed by atoms with Gasteiger partial charge in [0.25, 0.3) is 0 Å². The Hall–Kier alpha value is -1.16. The molecule has 1 aliphatic heterocycles. The first-order valence-electron chi connectivity index (χ1n) is 6.48. The number of hydrogen-bond acceptors (Lipinski definition) is 3. The summed E-state index contributed by atoms with van der Waals surface area (Å²) in [7, 11) is -3.28. The van der Waals surface area contributed by atoms with Gasteiger partial charge in [-0.2, -0.15) is 0 Å². The maximum Gasteiger partial charge on any atom is 0.186 e. The SMILES string of the molecule is CCCC(C1=NCCC1)S(=O)(=O)c1ccccc1. The van der Waals surface area contributed by atoms with E-state index in [9.17, 15) is 8.42 Å². The van der Waals surface area contributed by atoms with E-state index in [0.717, 1.165) is 31.5 Å². The van der Waals surface area contributed by atoms with E-state index in [1.54, 1.807) is 24.3 Å². The van der Waals surface area contributed by atoms with Crippen molar-refractivity contribution in [3.05, 3.63) is 30.3 Å². The molecule has 0 spiro atoms. The lowest BCUT2D eigenvalue weighted by atomic mass is 10.1. The number of nitrogens with zero attached hydrogens (tertiary/aromatic N) is 1. The standard InChI is InChI=1S/C14H19NO2S/c1-2-7-14(13-10-6-11-15-13)18(16,17)12-8-4-3-5-9-12/h3-5,8-9,14H,2,6-7,10-11H2,1H3. The normalized spacial score (nSPS) is 17.5. The van der Waals surface area contributed by atoms with Crippen LogP contribution in [0.25, 0.3) is 0 Å². The summed E-state index contributed by atoms with van der Waals surface area (Å²) in [6.07, 6.45) is 3.34.